The molecule has 0 aliphatic rings. The van der Waals surface area contributed by atoms with Gasteiger partial charge in [0.05, 0.1) is 0 Å². The number of aryl methyl sites for hydroxylation is 1. The van der Waals surface area contributed by atoms with Crippen molar-refractivity contribution in [1.29, 1.82) is 0 Å². The Bertz CT molecular complexity index is 425. The smallest absolute Gasteiger partial charge is 0.106 e. The highest BCUT2D eigenvalue weighted by molar-refractivity contribution is 9.10. The molecule has 2 nitrogen and oxygen atoms in total. The highest BCUT2D eigenvalue weighted by Gasteiger charge is 1.99. The lowest BCUT2D eigenvalue weighted by Gasteiger charge is -2.01. The van der Waals surface area contributed by atoms with Crippen LogP contribution in [0, 0.1) is 6.92 Å². The first-order valence-electron chi connectivity index (χ1n) is 4.78. The molecule has 0 unspecified atom stereocenters. The van der Waals surface area contributed by atoms with E-state index in [1.165, 1.54) is 0 Å². The Kier molecular flexibility index (Phi) is 3.11. The first kappa shape index (κ1) is 10.3. The van der Waals surface area contributed by atoms with Crippen LogP contribution in [0.5, 0.6) is 0 Å². The number of nitrogens with zero attached hydrogens (tertiary/aromatic N) is 2. The Morgan fingerprint density at radius 1 is 1.00 bits per heavy atom. The molecular formula is C12H11BrN2. The largest absolute Gasteiger partial charge is 0.258 e. The SMILES string of the molecule is Cc1cccc(Cc2cccc(Br)n2)n1. The number of hydrogen-bond donors (Lipinski definition) is 0. The van der Waals surface area contributed by atoms with E-state index in [1.807, 2.05) is 43.3 Å². The van der Waals surface area contributed by atoms with E-state index in [2.05, 4.69) is 25.9 Å². The van der Waals surface area contributed by atoms with Crippen molar-refractivity contribution in [1.82, 2.24) is 9.97 Å². The van der Waals surface area contributed by atoms with E-state index < -0.39 is 0 Å². The minimum atomic E-state index is 0.779. The molecule has 0 spiro atoms. The third kappa shape index (κ3) is 2.86. The molecular weight excluding hydrogens is 252 g/mol. The van der Waals surface area contributed by atoms with Gasteiger partial charge in [-0.15, -0.1) is 0 Å². The third-order valence-electron chi connectivity index (χ3n) is 2.08. The van der Waals surface area contributed by atoms with E-state index in [9.17, 15) is 0 Å². The average molecular weight is 263 g/mol. The second-order valence-corrected chi connectivity index (χ2v) is 4.21. The van der Waals surface area contributed by atoms with Crippen LogP contribution < -0.4 is 0 Å². The first-order valence-corrected chi connectivity index (χ1v) is 5.57. The quantitative estimate of drug-likeness (QED) is 0.778. The molecule has 3 heteroatoms. The van der Waals surface area contributed by atoms with E-state index in [-0.39, 0.29) is 0 Å². The van der Waals surface area contributed by atoms with Crippen molar-refractivity contribution in [2.45, 2.75) is 13.3 Å². The van der Waals surface area contributed by atoms with Gasteiger partial charge in [-0.25, -0.2) is 4.98 Å². The predicted molar refractivity (Wildman–Crippen MR) is 63.7 cm³/mol. The molecule has 0 amide bonds. The minimum Gasteiger partial charge on any atom is -0.258 e. The standard InChI is InChI=1S/C12H11BrN2/c1-9-4-2-5-10(14-9)8-11-6-3-7-12(13)15-11/h2-7H,8H2,1H3. The zero-order valence-corrected chi connectivity index (χ0v) is 10.0. The van der Waals surface area contributed by atoms with Crippen molar-refractivity contribution in [3.05, 3.63) is 58.1 Å². The highest BCUT2D eigenvalue weighted by Crippen LogP contribution is 2.10. The second kappa shape index (κ2) is 4.53. The fourth-order valence-electron chi connectivity index (χ4n) is 1.43. The van der Waals surface area contributed by atoms with Crippen molar-refractivity contribution in [3.8, 4) is 0 Å². The van der Waals surface area contributed by atoms with Gasteiger partial charge in [-0.2, -0.15) is 0 Å². The summed E-state index contributed by atoms with van der Waals surface area (Å²) in [5.74, 6) is 0. The fraction of sp³-hybridized carbons (Fsp3) is 0.167. The number of hydrogen-bond acceptors (Lipinski definition) is 2. The van der Waals surface area contributed by atoms with E-state index in [0.717, 1.165) is 28.1 Å². The molecule has 2 aromatic rings. The third-order valence-corrected chi connectivity index (χ3v) is 2.52. The Balaban J connectivity index is 2.22. The number of halogens is 1. The number of aromatic nitrogens is 2. The van der Waals surface area contributed by atoms with E-state index in [1.54, 1.807) is 0 Å². The molecule has 0 aliphatic heterocycles. The van der Waals surface area contributed by atoms with Crippen molar-refractivity contribution in [2.24, 2.45) is 0 Å². The van der Waals surface area contributed by atoms with Gasteiger partial charge in [0.25, 0.3) is 0 Å². The highest BCUT2D eigenvalue weighted by atomic mass is 79.9. The van der Waals surface area contributed by atoms with Crippen molar-refractivity contribution >= 4 is 15.9 Å². The average Bonchev–Trinajstić information content (AvgIpc) is 2.17. The van der Waals surface area contributed by atoms with Crippen LogP contribution >= 0.6 is 15.9 Å². The first-order chi connectivity index (χ1) is 7.24. The summed E-state index contributed by atoms with van der Waals surface area (Å²) in [6, 6.07) is 12.0. The van der Waals surface area contributed by atoms with E-state index in [4.69, 9.17) is 0 Å². The molecule has 0 radical (unpaired) electrons. The van der Waals surface area contributed by atoms with E-state index >= 15 is 0 Å². The van der Waals surface area contributed by atoms with Gasteiger partial charge >= 0.3 is 0 Å². The molecule has 2 heterocycles. The van der Waals surface area contributed by atoms with Gasteiger partial charge in [0.1, 0.15) is 4.60 Å². The summed E-state index contributed by atoms with van der Waals surface area (Å²) in [6.45, 7) is 2.00. The summed E-state index contributed by atoms with van der Waals surface area (Å²) < 4.78 is 0.868. The Morgan fingerprint density at radius 2 is 1.67 bits per heavy atom. The van der Waals surface area contributed by atoms with Gasteiger partial charge in [-0.3, -0.25) is 4.98 Å². The molecule has 15 heavy (non-hydrogen) atoms. The van der Waals surface area contributed by atoms with Crippen LogP contribution in [0.15, 0.2) is 41.0 Å². The Labute approximate surface area is 97.5 Å². The summed E-state index contributed by atoms with van der Waals surface area (Å²) >= 11 is 3.36. The van der Waals surface area contributed by atoms with Gasteiger partial charge < -0.3 is 0 Å². The molecule has 2 rings (SSSR count). The molecule has 0 aromatic carbocycles. The van der Waals surface area contributed by atoms with Crippen molar-refractivity contribution < 1.29 is 0 Å². The normalized spacial score (nSPS) is 10.3. The van der Waals surface area contributed by atoms with Gasteiger partial charge in [0, 0.05) is 23.5 Å². The van der Waals surface area contributed by atoms with Crippen molar-refractivity contribution in [3.63, 3.8) is 0 Å². The molecule has 0 bridgehead atoms. The molecule has 0 saturated heterocycles. The maximum Gasteiger partial charge on any atom is 0.106 e. The number of rotatable bonds is 2. The molecule has 76 valence electrons. The van der Waals surface area contributed by atoms with Crippen LogP contribution in [0.3, 0.4) is 0 Å². The van der Waals surface area contributed by atoms with Crippen LogP contribution in [-0.2, 0) is 6.42 Å². The lowest BCUT2D eigenvalue weighted by molar-refractivity contribution is 0.984. The van der Waals surface area contributed by atoms with Crippen LogP contribution in [0.25, 0.3) is 0 Å². The van der Waals surface area contributed by atoms with Crippen LogP contribution in [0.1, 0.15) is 17.1 Å². The van der Waals surface area contributed by atoms with Gasteiger partial charge in [0.2, 0.25) is 0 Å². The zero-order chi connectivity index (χ0) is 10.7. The molecule has 0 atom stereocenters. The summed E-state index contributed by atoms with van der Waals surface area (Å²) in [5.41, 5.74) is 3.13. The summed E-state index contributed by atoms with van der Waals surface area (Å²) in [4.78, 5) is 8.82. The Morgan fingerprint density at radius 3 is 2.33 bits per heavy atom. The zero-order valence-electron chi connectivity index (χ0n) is 8.44. The lowest BCUT2D eigenvalue weighted by atomic mass is 10.2. The van der Waals surface area contributed by atoms with Crippen LogP contribution in [0.2, 0.25) is 0 Å². The maximum atomic E-state index is 4.44. The molecule has 2 aromatic heterocycles. The summed E-state index contributed by atoms with van der Waals surface area (Å²) in [6.07, 6.45) is 0.779. The summed E-state index contributed by atoms with van der Waals surface area (Å²) in [5, 5.41) is 0. The van der Waals surface area contributed by atoms with Crippen molar-refractivity contribution in [2.75, 3.05) is 0 Å². The maximum absolute atomic E-state index is 4.44. The van der Waals surface area contributed by atoms with Gasteiger partial charge in [-0.05, 0) is 47.1 Å². The Hall–Kier alpha value is -1.22. The van der Waals surface area contributed by atoms with Gasteiger partial charge in [-0.1, -0.05) is 12.1 Å². The molecule has 0 aliphatic carbocycles. The monoisotopic (exact) mass is 262 g/mol. The fourth-order valence-corrected chi connectivity index (χ4v) is 1.81. The molecule has 0 N–H and O–H groups in total. The van der Waals surface area contributed by atoms with E-state index in [0.29, 0.717) is 0 Å². The van der Waals surface area contributed by atoms with Crippen LogP contribution in [-0.4, -0.2) is 9.97 Å². The topological polar surface area (TPSA) is 25.8 Å². The molecule has 0 fully saturated rings. The van der Waals surface area contributed by atoms with Crippen LogP contribution in [0.4, 0.5) is 0 Å². The number of pyridine rings is 2. The van der Waals surface area contributed by atoms with Gasteiger partial charge in [0.15, 0.2) is 0 Å². The lowest BCUT2D eigenvalue weighted by Crippen LogP contribution is -1.96. The minimum absolute atomic E-state index is 0.779. The molecule has 0 saturated carbocycles. The predicted octanol–water partition coefficient (Wildman–Crippen LogP) is 3.14. The second-order valence-electron chi connectivity index (χ2n) is 3.40. The summed E-state index contributed by atoms with van der Waals surface area (Å²) in [7, 11) is 0.